The summed E-state index contributed by atoms with van der Waals surface area (Å²) in [6, 6.07) is 5.78. The molecule has 1 aliphatic heterocycles. The van der Waals surface area contributed by atoms with Crippen LogP contribution >= 0.6 is 11.3 Å². The average molecular weight is 426 g/mol. The van der Waals surface area contributed by atoms with Crippen molar-refractivity contribution in [1.29, 1.82) is 0 Å². The van der Waals surface area contributed by atoms with Gasteiger partial charge in [-0.1, -0.05) is 18.9 Å². The highest BCUT2D eigenvalue weighted by molar-refractivity contribution is 7.13. The molecule has 1 aliphatic rings. The highest BCUT2D eigenvalue weighted by atomic mass is 32.1. The molecular formula is C22H27N5O2S. The summed E-state index contributed by atoms with van der Waals surface area (Å²) in [5.74, 6) is -0.0751. The Bertz CT molecular complexity index is 1050. The molecule has 1 N–H and O–H groups in total. The molecule has 0 atom stereocenters. The topological polar surface area (TPSA) is 80.1 Å². The van der Waals surface area contributed by atoms with Gasteiger partial charge < -0.3 is 10.2 Å². The first-order chi connectivity index (χ1) is 14.5. The SMILES string of the molecule is Cc1nn(C)c2nc(-c3cccs3)cc(C(=O)NCCC(=O)N3CCCCCC3)c12. The second-order valence-electron chi connectivity index (χ2n) is 7.74. The maximum Gasteiger partial charge on any atom is 0.252 e. The van der Waals surface area contributed by atoms with Crippen LogP contribution in [-0.4, -0.2) is 51.1 Å². The van der Waals surface area contributed by atoms with E-state index in [1.54, 1.807) is 16.0 Å². The van der Waals surface area contributed by atoms with Gasteiger partial charge in [0.1, 0.15) is 0 Å². The lowest BCUT2D eigenvalue weighted by Crippen LogP contribution is -2.35. The van der Waals surface area contributed by atoms with E-state index in [1.165, 1.54) is 12.8 Å². The number of carbonyl (C=O) groups is 2. The van der Waals surface area contributed by atoms with Gasteiger partial charge in [0.25, 0.3) is 5.91 Å². The summed E-state index contributed by atoms with van der Waals surface area (Å²) in [4.78, 5) is 33.2. The van der Waals surface area contributed by atoms with Crippen molar-refractivity contribution in [2.45, 2.75) is 39.0 Å². The fourth-order valence-electron chi connectivity index (χ4n) is 4.03. The molecule has 4 rings (SSSR count). The van der Waals surface area contributed by atoms with Gasteiger partial charge in [0.2, 0.25) is 5.91 Å². The number of amides is 2. The Morgan fingerprint density at radius 3 is 2.67 bits per heavy atom. The van der Waals surface area contributed by atoms with Gasteiger partial charge in [-0.15, -0.1) is 11.3 Å². The first kappa shape index (κ1) is 20.5. The maximum absolute atomic E-state index is 13.1. The third kappa shape index (κ3) is 4.23. The summed E-state index contributed by atoms with van der Waals surface area (Å²) >= 11 is 1.58. The van der Waals surface area contributed by atoms with Crippen molar-refractivity contribution in [1.82, 2.24) is 25.0 Å². The van der Waals surface area contributed by atoms with Crippen molar-refractivity contribution in [3.8, 4) is 10.6 Å². The highest BCUT2D eigenvalue weighted by Gasteiger charge is 2.20. The van der Waals surface area contributed by atoms with Crippen LogP contribution in [-0.2, 0) is 11.8 Å². The van der Waals surface area contributed by atoms with Gasteiger partial charge in [-0.25, -0.2) is 4.98 Å². The van der Waals surface area contributed by atoms with Gasteiger partial charge in [-0.3, -0.25) is 14.3 Å². The van der Waals surface area contributed by atoms with Crippen molar-refractivity contribution in [3.05, 3.63) is 34.8 Å². The Kier molecular flexibility index (Phi) is 6.13. The molecule has 1 fully saturated rings. The second-order valence-corrected chi connectivity index (χ2v) is 8.69. The molecule has 0 aromatic carbocycles. The normalized spacial score (nSPS) is 14.7. The van der Waals surface area contributed by atoms with Crippen molar-refractivity contribution < 1.29 is 9.59 Å². The minimum Gasteiger partial charge on any atom is -0.351 e. The standard InChI is InChI=1S/C22H27N5O2S/c1-15-20-16(14-17(18-8-7-13-30-18)24-21(20)26(2)25-15)22(29)23-10-9-19(28)27-11-5-3-4-6-12-27/h7-8,13-14H,3-6,9-12H2,1-2H3,(H,23,29). The Morgan fingerprint density at radius 1 is 1.20 bits per heavy atom. The van der Waals surface area contributed by atoms with Crippen LogP contribution in [0.5, 0.6) is 0 Å². The Morgan fingerprint density at radius 2 is 1.97 bits per heavy atom. The predicted molar refractivity (Wildman–Crippen MR) is 119 cm³/mol. The van der Waals surface area contributed by atoms with Gasteiger partial charge in [0.15, 0.2) is 5.65 Å². The molecule has 0 bridgehead atoms. The third-order valence-electron chi connectivity index (χ3n) is 5.57. The monoisotopic (exact) mass is 425 g/mol. The zero-order valence-corrected chi connectivity index (χ0v) is 18.3. The maximum atomic E-state index is 13.1. The predicted octanol–water partition coefficient (Wildman–Crippen LogP) is 3.53. The van der Waals surface area contributed by atoms with E-state index in [2.05, 4.69) is 10.4 Å². The highest BCUT2D eigenvalue weighted by Crippen LogP contribution is 2.29. The Labute approximate surface area is 180 Å². The van der Waals surface area contributed by atoms with E-state index < -0.39 is 0 Å². The number of nitrogens with zero attached hydrogens (tertiary/aromatic N) is 4. The number of pyridine rings is 1. The van der Waals surface area contributed by atoms with E-state index in [1.807, 2.05) is 42.5 Å². The van der Waals surface area contributed by atoms with Crippen LogP contribution < -0.4 is 5.32 Å². The summed E-state index contributed by atoms with van der Waals surface area (Å²) in [5.41, 5.74) is 2.76. The summed E-state index contributed by atoms with van der Waals surface area (Å²) < 4.78 is 1.71. The van der Waals surface area contributed by atoms with Crippen molar-refractivity contribution in [2.24, 2.45) is 7.05 Å². The molecule has 0 spiro atoms. The van der Waals surface area contributed by atoms with Gasteiger partial charge in [-0.2, -0.15) is 5.10 Å². The third-order valence-corrected chi connectivity index (χ3v) is 6.46. The smallest absolute Gasteiger partial charge is 0.252 e. The summed E-state index contributed by atoms with van der Waals surface area (Å²) in [6.07, 6.45) is 4.84. The average Bonchev–Trinajstić information content (AvgIpc) is 3.27. The molecule has 7 nitrogen and oxygen atoms in total. The number of fused-ring (bicyclic) bond motifs is 1. The molecular weight excluding hydrogens is 398 g/mol. The van der Waals surface area contributed by atoms with Crippen LogP contribution in [0.25, 0.3) is 21.6 Å². The molecule has 0 unspecified atom stereocenters. The van der Waals surface area contributed by atoms with Crippen molar-refractivity contribution in [3.63, 3.8) is 0 Å². The molecule has 0 saturated carbocycles. The fraction of sp³-hybridized carbons (Fsp3) is 0.455. The van der Waals surface area contributed by atoms with Gasteiger partial charge >= 0.3 is 0 Å². The molecule has 8 heteroatoms. The van der Waals surface area contributed by atoms with Gasteiger partial charge in [-0.05, 0) is 37.3 Å². The number of likely N-dealkylation sites (tertiary alicyclic amines) is 1. The van der Waals surface area contributed by atoms with E-state index in [0.29, 0.717) is 24.2 Å². The van der Waals surface area contributed by atoms with Crippen LogP contribution in [0.2, 0.25) is 0 Å². The molecule has 0 radical (unpaired) electrons. The molecule has 158 valence electrons. The number of hydrogen-bond donors (Lipinski definition) is 1. The number of carbonyl (C=O) groups excluding carboxylic acids is 2. The van der Waals surface area contributed by atoms with E-state index in [-0.39, 0.29) is 11.8 Å². The van der Waals surface area contributed by atoms with Crippen LogP contribution in [0.15, 0.2) is 23.6 Å². The number of hydrogen-bond acceptors (Lipinski definition) is 5. The number of nitrogens with one attached hydrogen (secondary N) is 1. The number of thiophene rings is 1. The Hall–Kier alpha value is -2.74. The lowest BCUT2D eigenvalue weighted by Gasteiger charge is -2.20. The van der Waals surface area contributed by atoms with Crippen LogP contribution in [0.4, 0.5) is 0 Å². The molecule has 4 heterocycles. The van der Waals surface area contributed by atoms with Gasteiger partial charge in [0.05, 0.1) is 27.2 Å². The van der Waals surface area contributed by atoms with Gasteiger partial charge in [0, 0.05) is 33.1 Å². The molecule has 3 aromatic heterocycles. The van der Waals surface area contributed by atoms with E-state index in [4.69, 9.17) is 4.98 Å². The first-order valence-electron chi connectivity index (χ1n) is 10.5. The molecule has 3 aromatic rings. The lowest BCUT2D eigenvalue weighted by atomic mass is 10.1. The lowest BCUT2D eigenvalue weighted by molar-refractivity contribution is -0.131. The second kappa shape index (κ2) is 8.95. The zero-order chi connectivity index (χ0) is 21.1. The molecule has 30 heavy (non-hydrogen) atoms. The van der Waals surface area contributed by atoms with Crippen LogP contribution in [0.1, 0.15) is 48.2 Å². The molecule has 2 amide bonds. The largest absolute Gasteiger partial charge is 0.351 e. The minimum atomic E-state index is -0.194. The molecule has 0 aliphatic carbocycles. The molecule has 1 saturated heterocycles. The summed E-state index contributed by atoms with van der Waals surface area (Å²) in [6.45, 7) is 3.87. The van der Waals surface area contributed by atoms with E-state index in [9.17, 15) is 9.59 Å². The van der Waals surface area contributed by atoms with Crippen molar-refractivity contribution >= 4 is 34.2 Å². The van der Waals surface area contributed by atoms with Crippen LogP contribution in [0.3, 0.4) is 0 Å². The number of aryl methyl sites for hydroxylation is 2. The quantitative estimate of drug-likeness (QED) is 0.678. The summed E-state index contributed by atoms with van der Waals surface area (Å²) in [5, 5.41) is 10.1. The number of aromatic nitrogens is 3. The first-order valence-corrected chi connectivity index (χ1v) is 11.4. The fourth-order valence-corrected chi connectivity index (χ4v) is 4.72. The zero-order valence-electron chi connectivity index (χ0n) is 17.5. The van der Waals surface area contributed by atoms with Crippen molar-refractivity contribution in [2.75, 3.05) is 19.6 Å². The minimum absolute atomic E-state index is 0.119. The van der Waals surface area contributed by atoms with E-state index in [0.717, 1.165) is 47.6 Å². The van der Waals surface area contributed by atoms with E-state index >= 15 is 0 Å². The summed E-state index contributed by atoms with van der Waals surface area (Å²) in [7, 11) is 1.84. The Balaban J connectivity index is 1.51. The number of rotatable bonds is 5. The van der Waals surface area contributed by atoms with Crippen LogP contribution in [0, 0.1) is 6.92 Å².